The summed E-state index contributed by atoms with van der Waals surface area (Å²) in [5.41, 5.74) is 1.30. The zero-order valence-electron chi connectivity index (χ0n) is 22.6. The van der Waals surface area contributed by atoms with E-state index < -0.39 is 5.97 Å². The van der Waals surface area contributed by atoms with E-state index in [0.717, 1.165) is 62.7 Å². The topological polar surface area (TPSA) is 71.1 Å². The zero-order chi connectivity index (χ0) is 26.4. The van der Waals surface area contributed by atoms with Gasteiger partial charge in [-0.1, -0.05) is 77.4 Å². The SMILES string of the molecule is C=C(C)C(=O)OCCCCCCCCOc1ccc(/C=C/C(=O)OC)cc1OCCCCCCCC. The number of hydrogen-bond acceptors (Lipinski definition) is 6. The van der Waals surface area contributed by atoms with Gasteiger partial charge >= 0.3 is 11.9 Å². The number of esters is 2. The van der Waals surface area contributed by atoms with Crippen LogP contribution < -0.4 is 9.47 Å². The standard InChI is InChI=1S/C30H46O6/c1-5-6-7-8-11-15-22-35-28-24-26(18-20-29(31)33-4)17-19-27(28)34-21-14-12-9-10-13-16-23-36-30(32)25(2)3/h17-20,24H,2,5-16,21-23H2,1,3-4H3/b20-18+. The molecule has 0 atom stereocenters. The minimum absolute atomic E-state index is 0.310. The van der Waals surface area contributed by atoms with Gasteiger partial charge < -0.3 is 18.9 Å². The van der Waals surface area contributed by atoms with Crippen LogP contribution in [0.25, 0.3) is 6.08 Å². The first-order valence-corrected chi connectivity index (χ1v) is 13.5. The summed E-state index contributed by atoms with van der Waals surface area (Å²) in [4.78, 5) is 22.8. The van der Waals surface area contributed by atoms with Crippen molar-refractivity contribution in [1.82, 2.24) is 0 Å². The number of benzene rings is 1. The summed E-state index contributed by atoms with van der Waals surface area (Å²) in [5.74, 6) is 0.739. The van der Waals surface area contributed by atoms with Crippen molar-refractivity contribution >= 4 is 18.0 Å². The van der Waals surface area contributed by atoms with Crippen molar-refractivity contribution in [1.29, 1.82) is 0 Å². The normalized spacial score (nSPS) is 10.9. The summed E-state index contributed by atoms with van der Waals surface area (Å²) in [6.45, 7) is 9.19. The van der Waals surface area contributed by atoms with Gasteiger partial charge in [0.15, 0.2) is 11.5 Å². The second-order valence-corrected chi connectivity index (χ2v) is 9.06. The monoisotopic (exact) mass is 502 g/mol. The fourth-order valence-electron chi connectivity index (χ4n) is 3.54. The van der Waals surface area contributed by atoms with Crippen LogP contribution in [0, 0.1) is 0 Å². The molecule has 6 nitrogen and oxygen atoms in total. The highest BCUT2D eigenvalue weighted by atomic mass is 16.5. The summed E-state index contributed by atoms with van der Waals surface area (Å²) in [6, 6.07) is 5.72. The summed E-state index contributed by atoms with van der Waals surface area (Å²) in [5, 5.41) is 0. The van der Waals surface area contributed by atoms with Crippen molar-refractivity contribution in [3.8, 4) is 11.5 Å². The fourth-order valence-corrected chi connectivity index (χ4v) is 3.54. The van der Waals surface area contributed by atoms with Crippen LogP contribution in [0.1, 0.15) is 96.5 Å². The second-order valence-electron chi connectivity index (χ2n) is 9.06. The number of rotatable bonds is 21. The van der Waals surface area contributed by atoms with E-state index in [4.69, 9.17) is 14.2 Å². The Hall–Kier alpha value is -2.76. The average molecular weight is 503 g/mol. The van der Waals surface area contributed by atoms with Crippen LogP contribution in [0.4, 0.5) is 0 Å². The summed E-state index contributed by atoms with van der Waals surface area (Å²) >= 11 is 0. The first-order valence-electron chi connectivity index (χ1n) is 13.5. The van der Waals surface area contributed by atoms with Crippen LogP contribution in [0.3, 0.4) is 0 Å². The van der Waals surface area contributed by atoms with Gasteiger partial charge in [0, 0.05) is 11.6 Å². The van der Waals surface area contributed by atoms with Crippen molar-refractivity contribution in [2.24, 2.45) is 0 Å². The summed E-state index contributed by atoms with van der Waals surface area (Å²) < 4.78 is 21.9. The van der Waals surface area contributed by atoms with Gasteiger partial charge in [0.1, 0.15) is 0 Å². The summed E-state index contributed by atoms with van der Waals surface area (Å²) in [6.07, 6.45) is 16.5. The largest absolute Gasteiger partial charge is 0.490 e. The Morgan fingerprint density at radius 3 is 1.94 bits per heavy atom. The van der Waals surface area contributed by atoms with Crippen LogP contribution >= 0.6 is 0 Å². The van der Waals surface area contributed by atoms with Gasteiger partial charge in [-0.05, 0) is 50.0 Å². The number of carbonyl (C=O) groups excluding carboxylic acids is 2. The number of unbranched alkanes of at least 4 members (excludes halogenated alkanes) is 10. The molecule has 1 aromatic rings. The van der Waals surface area contributed by atoms with E-state index in [2.05, 4.69) is 18.2 Å². The van der Waals surface area contributed by atoms with Crippen LogP contribution in [0.15, 0.2) is 36.4 Å². The first-order chi connectivity index (χ1) is 17.5. The molecule has 0 amide bonds. The van der Waals surface area contributed by atoms with E-state index in [0.29, 0.717) is 31.1 Å². The highest BCUT2D eigenvalue weighted by molar-refractivity contribution is 5.87. The molecule has 0 aromatic heterocycles. The number of ether oxygens (including phenoxy) is 4. The molecule has 0 radical (unpaired) electrons. The van der Waals surface area contributed by atoms with Gasteiger partial charge in [0.2, 0.25) is 0 Å². The molecule has 1 aromatic carbocycles. The third kappa shape index (κ3) is 15.3. The number of hydrogen-bond donors (Lipinski definition) is 0. The van der Waals surface area contributed by atoms with E-state index in [-0.39, 0.29) is 5.97 Å². The van der Waals surface area contributed by atoms with E-state index in [1.807, 2.05) is 18.2 Å². The van der Waals surface area contributed by atoms with Crippen molar-refractivity contribution < 1.29 is 28.5 Å². The third-order valence-corrected chi connectivity index (χ3v) is 5.71. The highest BCUT2D eigenvalue weighted by Crippen LogP contribution is 2.29. The second kappa shape index (κ2) is 20.4. The van der Waals surface area contributed by atoms with Gasteiger partial charge in [-0.25, -0.2) is 9.59 Å². The predicted molar refractivity (Wildman–Crippen MR) is 145 cm³/mol. The molecule has 1 rings (SSSR count). The lowest BCUT2D eigenvalue weighted by Crippen LogP contribution is -2.06. The molecule has 0 N–H and O–H groups in total. The van der Waals surface area contributed by atoms with Crippen molar-refractivity contribution in [2.45, 2.75) is 90.9 Å². The third-order valence-electron chi connectivity index (χ3n) is 5.71. The van der Waals surface area contributed by atoms with Crippen molar-refractivity contribution in [2.75, 3.05) is 26.9 Å². The van der Waals surface area contributed by atoms with Crippen LogP contribution in [0.2, 0.25) is 0 Å². The van der Waals surface area contributed by atoms with E-state index in [1.165, 1.54) is 38.9 Å². The van der Waals surface area contributed by atoms with Crippen LogP contribution in [-0.4, -0.2) is 38.9 Å². The number of carbonyl (C=O) groups is 2. The molecule has 0 aliphatic rings. The van der Waals surface area contributed by atoms with E-state index in [1.54, 1.807) is 13.0 Å². The molecule has 0 fully saturated rings. The van der Waals surface area contributed by atoms with Crippen molar-refractivity contribution in [3.63, 3.8) is 0 Å². The van der Waals surface area contributed by atoms with Gasteiger partial charge in [-0.3, -0.25) is 0 Å². The first kappa shape index (κ1) is 31.3. The van der Waals surface area contributed by atoms with Crippen LogP contribution in [0.5, 0.6) is 11.5 Å². The molecule has 0 saturated heterocycles. The summed E-state index contributed by atoms with van der Waals surface area (Å²) in [7, 11) is 1.36. The molecule has 0 heterocycles. The zero-order valence-corrected chi connectivity index (χ0v) is 22.6. The Balaban J connectivity index is 2.40. The molecular formula is C30H46O6. The lowest BCUT2D eigenvalue weighted by molar-refractivity contribution is -0.139. The Morgan fingerprint density at radius 1 is 0.806 bits per heavy atom. The lowest BCUT2D eigenvalue weighted by Gasteiger charge is -2.14. The Bertz CT molecular complexity index is 799. The lowest BCUT2D eigenvalue weighted by atomic mass is 10.1. The number of methoxy groups -OCH3 is 1. The molecular weight excluding hydrogens is 456 g/mol. The molecule has 0 aliphatic carbocycles. The Kier molecular flexibility index (Phi) is 17.7. The Morgan fingerprint density at radius 2 is 1.36 bits per heavy atom. The average Bonchev–Trinajstić information content (AvgIpc) is 2.88. The smallest absolute Gasteiger partial charge is 0.333 e. The molecule has 0 aliphatic heterocycles. The highest BCUT2D eigenvalue weighted by Gasteiger charge is 2.07. The molecule has 0 saturated carbocycles. The van der Waals surface area contributed by atoms with Gasteiger partial charge in [-0.15, -0.1) is 0 Å². The van der Waals surface area contributed by atoms with Gasteiger partial charge in [0.25, 0.3) is 0 Å². The molecule has 6 heteroatoms. The molecule has 202 valence electrons. The van der Waals surface area contributed by atoms with Crippen LogP contribution in [-0.2, 0) is 19.1 Å². The molecule has 36 heavy (non-hydrogen) atoms. The molecule has 0 bridgehead atoms. The van der Waals surface area contributed by atoms with E-state index in [9.17, 15) is 9.59 Å². The Labute approximate surface area is 218 Å². The van der Waals surface area contributed by atoms with Gasteiger partial charge in [-0.2, -0.15) is 0 Å². The molecule has 0 unspecified atom stereocenters. The van der Waals surface area contributed by atoms with E-state index >= 15 is 0 Å². The minimum atomic E-state index is -0.391. The fraction of sp³-hybridized carbons (Fsp3) is 0.600. The predicted octanol–water partition coefficient (Wildman–Crippen LogP) is 7.45. The maximum Gasteiger partial charge on any atom is 0.333 e. The van der Waals surface area contributed by atoms with Crippen molar-refractivity contribution in [3.05, 3.63) is 42.0 Å². The maximum atomic E-state index is 11.4. The molecule has 0 spiro atoms. The quantitative estimate of drug-likeness (QED) is 0.0987. The maximum absolute atomic E-state index is 11.4. The van der Waals surface area contributed by atoms with Gasteiger partial charge in [0.05, 0.1) is 26.9 Å². The minimum Gasteiger partial charge on any atom is -0.490 e.